The lowest BCUT2D eigenvalue weighted by Crippen LogP contribution is -2.35. The van der Waals surface area contributed by atoms with Gasteiger partial charge in [0.2, 0.25) is 0 Å². The summed E-state index contributed by atoms with van der Waals surface area (Å²) in [7, 11) is 1.95. The van der Waals surface area contributed by atoms with E-state index in [0.29, 0.717) is 12.1 Å². The average Bonchev–Trinajstić information content (AvgIpc) is 3.13. The van der Waals surface area contributed by atoms with Gasteiger partial charge in [-0.25, -0.2) is 0 Å². The summed E-state index contributed by atoms with van der Waals surface area (Å²) in [5.41, 5.74) is 1.52. The van der Waals surface area contributed by atoms with E-state index in [1.807, 2.05) is 18.0 Å². The van der Waals surface area contributed by atoms with E-state index >= 15 is 0 Å². The van der Waals surface area contributed by atoms with Crippen LogP contribution in [0, 0.1) is 0 Å². The Morgan fingerprint density at radius 1 is 1.33 bits per heavy atom. The molecule has 0 spiro atoms. The minimum absolute atomic E-state index is 0.0754. The number of alkyl halides is 3. The van der Waals surface area contributed by atoms with E-state index < -0.39 is 12.6 Å². The minimum Gasteiger partial charge on any atom is -0.352 e. The molecule has 9 heteroatoms. The number of aromatic nitrogens is 2. The Bertz CT molecular complexity index is 741. The zero-order chi connectivity index (χ0) is 17.2. The Kier molecular flexibility index (Phi) is 4.41. The van der Waals surface area contributed by atoms with Gasteiger partial charge in [0.1, 0.15) is 6.42 Å². The van der Waals surface area contributed by atoms with Crippen molar-refractivity contribution in [2.24, 2.45) is 4.99 Å². The normalized spacial score (nSPS) is 14.8. The molecule has 0 amide bonds. The van der Waals surface area contributed by atoms with E-state index in [4.69, 9.17) is 4.52 Å². The average molecular weight is 339 g/mol. The first-order chi connectivity index (χ1) is 11.4. The van der Waals surface area contributed by atoms with Crippen molar-refractivity contribution in [1.29, 1.82) is 0 Å². The first-order valence-corrected chi connectivity index (χ1v) is 7.39. The standard InChI is InChI=1S/C15H16F3N5O/c1-23-6-5-19-14(23)20-9-10-3-2-4-11(7-10)13-21-12(22-24-13)8-15(16,17)18/h2-4,7H,5-6,8-9H2,1H3,(H,19,20). The zero-order valence-corrected chi connectivity index (χ0v) is 13.0. The second-order valence-corrected chi connectivity index (χ2v) is 5.49. The monoisotopic (exact) mass is 339 g/mol. The largest absolute Gasteiger partial charge is 0.396 e. The summed E-state index contributed by atoms with van der Waals surface area (Å²) < 4.78 is 42.0. The third kappa shape index (κ3) is 4.03. The van der Waals surface area contributed by atoms with Gasteiger partial charge in [0.25, 0.3) is 5.89 Å². The molecule has 1 aromatic heterocycles. The van der Waals surface area contributed by atoms with Crippen LogP contribution in [0.15, 0.2) is 33.8 Å². The molecule has 1 aromatic carbocycles. The van der Waals surface area contributed by atoms with Gasteiger partial charge in [-0.3, -0.25) is 4.99 Å². The first kappa shape index (κ1) is 16.3. The van der Waals surface area contributed by atoms with Crippen molar-refractivity contribution in [1.82, 2.24) is 20.4 Å². The lowest BCUT2D eigenvalue weighted by molar-refractivity contribution is -0.128. The highest BCUT2D eigenvalue weighted by atomic mass is 19.4. The number of aliphatic imine (C=N–C) groups is 1. The highest BCUT2D eigenvalue weighted by molar-refractivity contribution is 5.81. The highest BCUT2D eigenvalue weighted by Crippen LogP contribution is 2.23. The predicted octanol–water partition coefficient (Wildman–Crippen LogP) is 2.23. The molecule has 3 rings (SSSR count). The fraction of sp³-hybridized carbons (Fsp3) is 0.400. The number of guanidine groups is 1. The first-order valence-electron chi connectivity index (χ1n) is 7.39. The van der Waals surface area contributed by atoms with Gasteiger partial charge in [-0.15, -0.1) is 0 Å². The fourth-order valence-corrected chi connectivity index (χ4v) is 2.34. The minimum atomic E-state index is -4.36. The Hall–Kier alpha value is -2.58. The number of nitrogens with zero attached hydrogens (tertiary/aromatic N) is 4. The molecule has 1 aliphatic heterocycles. The van der Waals surface area contributed by atoms with Gasteiger partial charge in [-0.1, -0.05) is 17.3 Å². The van der Waals surface area contributed by atoms with E-state index in [2.05, 4.69) is 20.4 Å². The third-order valence-electron chi connectivity index (χ3n) is 3.51. The van der Waals surface area contributed by atoms with Crippen LogP contribution in [0.4, 0.5) is 13.2 Å². The lowest BCUT2D eigenvalue weighted by atomic mass is 10.1. The molecule has 0 bridgehead atoms. The number of likely N-dealkylation sites (N-methyl/N-ethyl adjacent to an activating group) is 1. The molecule has 0 atom stereocenters. The molecule has 2 heterocycles. The number of rotatable bonds is 4. The highest BCUT2D eigenvalue weighted by Gasteiger charge is 2.30. The second kappa shape index (κ2) is 6.50. The van der Waals surface area contributed by atoms with Crippen molar-refractivity contribution >= 4 is 5.96 Å². The molecule has 0 unspecified atom stereocenters. The summed E-state index contributed by atoms with van der Waals surface area (Å²) in [6, 6.07) is 7.21. The summed E-state index contributed by atoms with van der Waals surface area (Å²) in [5, 5.41) is 6.60. The van der Waals surface area contributed by atoms with E-state index in [-0.39, 0.29) is 11.7 Å². The molecule has 1 N–H and O–H groups in total. The molecule has 24 heavy (non-hydrogen) atoms. The molecule has 0 radical (unpaired) electrons. The number of hydrogen-bond donors (Lipinski definition) is 1. The van der Waals surface area contributed by atoms with Gasteiger partial charge in [0, 0.05) is 25.7 Å². The van der Waals surface area contributed by atoms with Crippen LogP contribution in [-0.4, -0.2) is 47.3 Å². The molecule has 6 nitrogen and oxygen atoms in total. The van der Waals surface area contributed by atoms with Gasteiger partial charge >= 0.3 is 6.18 Å². The van der Waals surface area contributed by atoms with Gasteiger partial charge in [0.15, 0.2) is 11.8 Å². The van der Waals surface area contributed by atoms with E-state index in [0.717, 1.165) is 24.6 Å². The third-order valence-corrected chi connectivity index (χ3v) is 3.51. The van der Waals surface area contributed by atoms with E-state index in [1.54, 1.807) is 18.2 Å². The van der Waals surface area contributed by atoms with Gasteiger partial charge in [-0.05, 0) is 17.7 Å². The summed E-state index contributed by atoms with van der Waals surface area (Å²) in [5.74, 6) is 0.528. The maximum Gasteiger partial charge on any atom is 0.396 e. The Labute approximate surface area is 136 Å². The van der Waals surface area contributed by atoms with Crippen molar-refractivity contribution in [3.63, 3.8) is 0 Å². The topological polar surface area (TPSA) is 66.5 Å². The van der Waals surface area contributed by atoms with Crippen LogP contribution in [0.2, 0.25) is 0 Å². The molecule has 0 saturated carbocycles. The van der Waals surface area contributed by atoms with Crippen molar-refractivity contribution in [2.75, 3.05) is 20.1 Å². The fourth-order valence-electron chi connectivity index (χ4n) is 2.34. The summed E-state index contributed by atoms with van der Waals surface area (Å²) in [6.07, 6.45) is -5.56. The van der Waals surface area contributed by atoms with Crippen LogP contribution in [-0.2, 0) is 13.0 Å². The van der Waals surface area contributed by atoms with Crippen LogP contribution in [0.5, 0.6) is 0 Å². The molecule has 1 aliphatic rings. The SMILES string of the molecule is CN1CCN=C1NCc1cccc(-c2nc(CC(F)(F)F)no2)c1. The van der Waals surface area contributed by atoms with E-state index in [1.165, 1.54) is 0 Å². The Morgan fingerprint density at radius 3 is 2.88 bits per heavy atom. The maximum atomic E-state index is 12.4. The van der Waals surface area contributed by atoms with Gasteiger partial charge < -0.3 is 14.7 Å². The van der Waals surface area contributed by atoms with E-state index in [9.17, 15) is 13.2 Å². The van der Waals surface area contributed by atoms with Crippen molar-refractivity contribution in [2.45, 2.75) is 19.1 Å². The molecule has 0 saturated heterocycles. The molecule has 2 aromatic rings. The van der Waals surface area contributed by atoms with Crippen LogP contribution < -0.4 is 5.32 Å². The smallest absolute Gasteiger partial charge is 0.352 e. The van der Waals surface area contributed by atoms with Gasteiger partial charge in [0.05, 0.1) is 6.54 Å². The number of halogens is 3. The quantitative estimate of drug-likeness (QED) is 0.925. The van der Waals surface area contributed by atoms with Crippen LogP contribution >= 0.6 is 0 Å². The number of nitrogens with one attached hydrogen (secondary N) is 1. The van der Waals surface area contributed by atoms with Crippen LogP contribution in [0.3, 0.4) is 0 Å². The van der Waals surface area contributed by atoms with Gasteiger partial charge in [-0.2, -0.15) is 18.2 Å². The lowest BCUT2D eigenvalue weighted by Gasteiger charge is -2.15. The second-order valence-electron chi connectivity index (χ2n) is 5.49. The molecule has 0 fully saturated rings. The summed E-state index contributed by atoms with van der Waals surface area (Å²) in [6.45, 7) is 2.19. The maximum absolute atomic E-state index is 12.4. The summed E-state index contributed by atoms with van der Waals surface area (Å²) >= 11 is 0. The van der Waals surface area contributed by atoms with Crippen molar-refractivity contribution in [3.8, 4) is 11.5 Å². The Morgan fingerprint density at radius 2 is 2.17 bits per heavy atom. The number of hydrogen-bond acceptors (Lipinski definition) is 6. The van der Waals surface area contributed by atoms with Crippen molar-refractivity contribution in [3.05, 3.63) is 35.7 Å². The zero-order valence-electron chi connectivity index (χ0n) is 13.0. The predicted molar refractivity (Wildman–Crippen MR) is 81.3 cm³/mol. The van der Waals surface area contributed by atoms with Crippen LogP contribution in [0.25, 0.3) is 11.5 Å². The number of benzene rings is 1. The molecular weight excluding hydrogens is 323 g/mol. The molecule has 128 valence electrons. The Balaban J connectivity index is 1.69. The molecular formula is C15H16F3N5O. The van der Waals surface area contributed by atoms with Crippen molar-refractivity contribution < 1.29 is 17.7 Å². The molecule has 0 aliphatic carbocycles. The summed E-state index contributed by atoms with van der Waals surface area (Å²) in [4.78, 5) is 10.2. The van der Waals surface area contributed by atoms with Crippen LogP contribution in [0.1, 0.15) is 11.4 Å².